The van der Waals surface area contributed by atoms with Gasteiger partial charge in [-0.15, -0.1) is 11.8 Å². The Morgan fingerprint density at radius 3 is 2.52 bits per heavy atom. The molecular weight excluding hydrogens is 366 g/mol. The van der Waals surface area contributed by atoms with E-state index in [4.69, 9.17) is 0 Å². The topological polar surface area (TPSA) is 98.7 Å². The number of aliphatic hydroxyl groups is 1. The average molecular weight is 398 g/mol. The van der Waals surface area contributed by atoms with Crippen molar-refractivity contribution in [2.24, 2.45) is 17.8 Å². The molecule has 0 aromatic heterocycles. The maximum Gasteiger partial charge on any atom is 0.244 e. The molecule has 3 aliphatic rings. The van der Waals surface area contributed by atoms with Crippen molar-refractivity contribution in [2.45, 2.75) is 68.7 Å². The van der Waals surface area contributed by atoms with Crippen molar-refractivity contribution >= 4 is 29.5 Å². The molecule has 27 heavy (non-hydrogen) atoms. The minimum atomic E-state index is -0.684. The van der Waals surface area contributed by atoms with Crippen LogP contribution in [0.3, 0.4) is 0 Å². The maximum atomic E-state index is 13.5. The van der Waals surface area contributed by atoms with Crippen LogP contribution in [0.2, 0.25) is 0 Å². The fourth-order valence-corrected chi connectivity index (χ4v) is 7.63. The smallest absolute Gasteiger partial charge is 0.244 e. The lowest BCUT2D eigenvalue weighted by Gasteiger charge is -2.40. The molecule has 3 fully saturated rings. The van der Waals surface area contributed by atoms with Crippen molar-refractivity contribution in [3.63, 3.8) is 0 Å². The third-order valence-corrected chi connectivity index (χ3v) is 8.29. The molecule has 8 heteroatoms. The zero-order chi connectivity index (χ0) is 20.3. The summed E-state index contributed by atoms with van der Waals surface area (Å²) in [5.41, 5.74) is -0.437. The number of rotatable bonds is 4. The summed E-state index contributed by atoms with van der Waals surface area (Å²) >= 11 is 1.64. The van der Waals surface area contributed by atoms with E-state index in [1.54, 1.807) is 30.6 Å². The van der Waals surface area contributed by atoms with E-state index in [1.807, 2.05) is 20.8 Å². The van der Waals surface area contributed by atoms with Gasteiger partial charge < -0.3 is 20.6 Å². The van der Waals surface area contributed by atoms with Crippen LogP contribution < -0.4 is 10.6 Å². The predicted octanol–water partition coefficient (Wildman–Crippen LogP) is 0.365. The Morgan fingerprint density at radius 1 is 1.37 bits per heavy atom. The summed E-state index contributed by atoms with van der Waals surface area (Å²) in [6, 6.07) is -1.17. The number of carbonyl (C=O) groups excluding carboxylic acids is 3. The van der Waals surface area contributed by atoms with E-state index < -0.39 is 34.2 Å². The number of amides is 3. The van der Waals surface area contributed by atoms with Crippen LogP contribution in [-0.2, 0) is 14.4 Å². The van der Waals surface area contributed by atoms with E-state index in [0.29, 0.717) is 0 Å². The number of fused-ring (bicyclic) bond motifs is 1. The molecule has 0 aliphatic carbocycles. The highest BCUT2D eigenvalue weighted by atomic mass is 32.2. The number of thioether (sulfide) groups is 1. The molecule has 2 bridgehead atoms. The van der Waals surface area contributed by atoms with Gasteiger partial charge in [0.1, 0.15) is 6.04 Å². The molecule has 3 amide bonds. The maximum absolute atomic E-state index is 13.5. The highest BCUT2D eigenvalue weighted by Crippen LogP contribution is 2.68. The third kappa shape index (κ3) is 2.87. The Kier molecular flexibility index (Phi) is 5.04. The van der Waals surface area contributed by atoms with Crippen LogP contribution in [0.15, 0.2) is 0 Å². The van der Waals surface area contributed by atoms with Crippen molar-refractivity contribution < 1.29 is 19.5 Å². The quantitative estimate of drug-likeness (QED) is 0.636. The zero-order valence-corrected chi connectivity index (χ0v) is 17.7. The molecule has 3 saturated heterocycles. The van der Waals surface area contributed by atoms with Gasteiger partial charge in [-0.1, -0.05) is 6.92 Å². The van der Waals surface area contributed by atoms with E-state index in [2.05, 4.69) is 17.6 Å². The largest absolute Gasteiger partial charge is 0.394 e. The van der Waals surface area contributed by atoms with Gasteiger partial charge in [-0.05, 0) is 40.0 Å². The Labute approximate surface area is 165 Å². The molecule has 7 atom stereocenters. The van der Waals surface area contributed by atoms with E-state index >= 15 is 0 Å². The summed E-state index contributed by atoms with van der Waals surface area (Å²) in [7, 11) is 1.59. The molecule has 0 radical (unpaired) electrons. The van der Waals surface area contributed by atoms with Gasteiger partial charge in [-0.2, -0.15) is 0 Å². The van der Waals surface area contributed by atoms with Crippen LogP contribution in [0.5, 0.6) is 0 Å². The highest BCUT2D eigenvalue weighted by molar-refractivity contribution is 8.02. The predicted molar refractivity (Wildman–Crippen MR) is 104 cm³/mol. The minimum Gasteiger partial charge on any atom is -0.394 e. The standard InChI is InChI=1S/C19H31N3O4S/c1-9-7-11-12(15(24)20-6)13-17(26)22(10(2)8-23)14(19(9,13)27-11)16(25)21-18(3,4)5/h9-14,23H,7-8H2,1-6H3,(H,20,24)(H,21,25)/t9?,10-,11-,12+,13+,14?,19?/m1/s1. The lowest BCUT2D eigenvalue weighted by atomic mass is 9.66. The summed E-state index contributed by atoms with van der Waals surface area (Å²) in [4.78, 5) is 41.0. The molecule has 152 valence electrons. The molecule has 3 rings (SSSR count). The van der Waals surface area contributed by atoms with Crippen LogP contribution in [-0.4, -0.2) is 69.0 Å². The van der Waals surface area contributed by atoms with E-state index in [0.717, 1.165) is 6.42 Å². The molecule has 0 aromatic carbocycles. The van der Waals surface area contributed by atoms with Crippen molar-refractivity contribution in [1.29, 1.82) is 0 Å². The second kappa shape index (κ2) is 6.65. The SMILES string of the molecule is CNC(=O)[C@@H]1[C@H]2C(=O)N([C@H](C)CO)C(C(=O)NC(C)(C)C)C23S[C@@H]1CC3C. The van der Waals surface area contributed by atoms with Gasteiger partial charge in [0, 0.05) is 17.8 Å². The monoisotopic (exact) mass is 397 g/mol. The first kappa shape index (κ1) is 20.5. The van der Waals surface area contributed by atoms with Crippen molar-refractivity contribution in [2.75, 3.05) is 13.7 Å². The number of carbonyl (C=O) groups is 3. The van der Waals surface area contributed by atoms with Crippen LogP contribution in [0.1, 0.15) is 41.0 Å². The summed E-state index contributed by atoms with van der Waals surface area (Å²) in [6.07, 6.45) is 0.813. The molecular formula is C19H31N3O4S. The first-order valence-corrected chi connectivity index (χ1v) is 10.5. The first-order chi connectivity index (χ1) is 12.5. The van der Waals surface area contributed by atoms with Crippen LogP contribution in [0, 0.1) is 17.8 Å². The number of aliphatic hydroxyl groups excluding tert-OH is 1. The molecule has 1 spiro atoms. The number of nitrogens with zero attached hydrogens (tertiary/aromatic N) is 1. The Bertz CT molecular complexity index is 664. The Morgan fingerprint density at radius 2 is 2.00 bits per heavy atom. The number of hydrogen-bond acceptors (Lipinski definition) is 5. The van der Waals surface area contributed by atoms with Gasteiger partial charge in [0.25, 0.3) is 0 Å². The molecule has 3 unspecified atom stereocenters. The molecule has 7 nitrogen and oxygen atoms in total. The molecule has 0 saturated carbocycles. The van der Waals surface area contributed by atoms with Gasteiger partial charge in [0.2, 0.25) is 17.7 Å². The lowest BCUT2D eigenvalue weighted by Crippen LogP contribution is -2.60. The van der Waals surface area contributed by atoms with E-state index in [1.165, 1.54) is 0 Å². The number of nitrogens with one attached hydrogen (secondary N) is 2. The molecule has 3 N–H and O–H groups in total. The highest BCUT2D eigenvalue weighted by Gasteiger charge is 2.76. The molecule has 0 aromatic rings. The number of hydrogen-bond donors (Lipinski definition) is 3. The van der Waals surface area contributed by atoms with E-state index in [9.17, 15) is 19.5 Å². The van der Waals surface area contributed by atoms with Gasteiger partial charge in [0.05, 0.1) is 29.2 Å². The second-order valence-corrected chi connectivity index (χ2v) is 10.7. The first-order valence-electron chi connectivity index (χ1n) is 9.64. The molecule has 3 heterocycles. The number of likely N-dealkylation sites (tertiary alicyclic amines) is 1. The summed E-state index contributed by atoms with van der Waals surface area (Å²) in [6.45, 7) is 9.34. The Balaban J connectivity index is 2.10. The molecule has 3 aliphatic heterocycles. The summed E-state index contributed by atoms with van der Waals surface area (Å²) in [5, 5.41) is 15.5. The Hall–Kier alpha value is -1.28. The van der Waals surface area contributed by atoms with Gasteiger partial charge in [-0.25, -0.2) is 0 Å². The van der Waals surface area contributed by atoms with Crippen LogP contribution >= 0.6 is 11.8 Å². The second-order valence-electron chi connectivity index (χ2n) is 9.18. The van der Waals surface area contributed by atoms with E-state index in [-0.39, 0.29) is 35.5 Å². The van der Waals surface area contributed by atoms with Crippen molar-refractivity contribution in [3.05, 3.63) is 0 Å². The van der Waals surface area contributed by atoms with Crippen molar-refractivity contribution in [3.8, 4) is 0 Å². The van der Waals surface area contributed by atoms with Crippen LogP contribution in [0.4, 0.5) is 0 Å². The third-order valence-electron chi connectivity index (χ3n) is 6.22. The normalized spacial score (nSPS) is 38.7. The van der Waals surface area contributed by atoms with Gasteiger partial charge in [0.15, 0.2) is 0 Å². The fraction of sp³-hybridized carbons (Fsp3) is 0.842. The van der Waals surface area contributed by atoms with Crippen LogP contribution in [0.25, 0.3) is 0 Å². The lowest BCUT2D eigenvalue weighted by molar-refractivity contribution is -0.142. The van der Waals surface area contributed by atoms with Gasteiger partial charge in [-0.3, -0.25) is 14.4 Å². The summed E-state index contributed by atoms with van der Waals surface area (Å²) < 4.78 is -0.627. The fourth-order valence-electron chi connectivity index (χ4n) is 5.23. The minimum absolute atomic E-state index is 0.0467. The average Bonchev–Trinajstić information content (AvgIpc) is 3.15. The van der Waals surface area contributed by atoms with Crippen molar-refractivity contribution in [1.82, 2.24) is 15.5 Å². The zero-order valence-electron chi connectivity index (χ0n) is 16.9. The summed E-state index contributed by atoms with van der Waals surface area (Å²) in [5.74, 6) is -1.33. The van der Waals surface area contributed by atoms with Gasteiger partial charge >= 0.3 is 0 Å².